The average molecular weight is 480 g/mol. The van der Waals surface area contributed by atoms with Crippen LogP contribution in [-0.2, 0) is 14.3 Å². The molecule has 0 saturated heterocycles. The third-order valence-corrected chi connectivity index (χ3v) is 5.83. The van der Waals surface area contributed by atoms with Gasteiger partial charge in [0, 0.05) is 27.7 Å². The highest BCUT2D eigenvalue weighted by atomic mass is 35.5. The number of carbonyl (C=O) groups excluding carboxylic acids is 2. The lowest BCUT2D eigenvalue weighted by Crippen LogP contribution is -2.21. The van der Waals surface area contributed by atoms with Gasteiger partial charge in [0.2, 0.25) is 0 Å². The summed E-state index contributed by atoms with van der Waals surface area (Å²) in [6.45, 7) is 5.50. The van der Waals surface area contributed by atoms with Crippen LogP contribution in [0.15, 0.2) is 59.3 Å². The lowest BCUT2D eigenvalue weighted by atomic mass is 10.1. The molecule has 0 bridgehead atoms. The van der Waals surface area contributed by atoms with Gasteiger partial charge in [-0.25, -0.2) is 9.59 Å². The van der Waals surface area contributed by atoms with E-state index in [1.807, 2.05) is 6.07 Å². The highest BCUT2D eigenvalue weighted by Gasteiger charge is 2.29. The molecule has 0 radical (unpaired) electrons. The number of amides is 1. The Kier molecular flexibility index (Phi) is 6.26. The molecule has 0 saturated carbocycles. The first-order valence-electron chi connectivity index (χ1n) is 10.6. The highest BCUT2D eigenvalue weighted by Crippen LogP contribution is 2.32. The lowest BCUT2D eigenvalue weighted by Gasteiger charge is -2.13. The molecule has 1 aliphatic rings. The topological polar surface area (TPSA) is 101 Å². The number of benzene rings is 2. The van der Waals surface area contributed by atoms with Crippen LogP contribution in [0.3, 0.4) is 0 Å². The van der Waals surface area contributed by atoms with Gasteiger partial charge in [-0.3, -0.25) is 4.79 Å². The number of hydrogen-bond donors (Lipinski definition) is 1. The van der Waals surface area contributed by atoms with Crippen LogP contribution in [0.5, 0.6) is 0 Å². The van der Waals surface area contributed by atoms with Crippen LogP contribution in [0.4, 0.5) is 5.69 Å². The quantitative estimate of drug-likeness (QED) is 0.399. The molecule has 1 atom stereocenters. The largest absolute Gasteiger partial charge is 0.478 e. The number of esters is 1. The summed E-state index contributed by atoms with van der Waals surface area (Å²) >= 11 is 6.24. The molecule has 34 heavy (non-hydrogen) atoms. The normalized spacial score (nSPS) is 15.6. The van der Waals surface area contributed by atoms with Crippen molar-refractivity contribution in [3.8, 4) is 0 Å². The van der Waals surface area contributed by atoms with Crippen molar-refractivity contribution in [3.05, 3.63) is 70.4 Å². The fourth-order valence-corrected chi connectivity index (χ4v) is 4.00. The molecule has 174 valence electrons. The number of hydrazone groups is 1. The SMILES string of the molecule is CCOC(=O)C(C)n1cc(/C=C2\C(=O)N(c3ccc(C(=O)O)cc3)N=C2C)c2cc(Cl)ccc21. The zero-order chi connectivity index (χ0) is 24.6. The maximum absolute atomic E-state index is 13.2. The zero-order valence-corrected chi connectivity index (χ0v) is 19.5. The van der Waals surface area contributed by atoms with Crippen molar-refractivity contribution < 1.29 is 24.2 Å². The van der Waals surface area contributed by atoms with Gasteiger partial charge in [0.15, 0.2) is 0 Å². The number of carboxylic acid groups (broad SMARTS) is 1. The van der Waals surface area contributed by atoms with Gasteiger partial charge in [0.25, 0.3) is 5.91 Å². The van der Waals surface area contributed by atoms with Crippen LogP contribution in [0.25, 0.3) is 17.0 Å². The van der Waals surface area contributed by atoms with Crippen LogP contribution >= 0.6 is 11.6 Å². The zero-order valence-electron chi connectivity index (χ0n) is 18.8. The van der Waals surface area contributed by atoms with E-state index in [4.69, 9.17) is 21.4 Å². The van der Waals surface area contributed by atoms with E-state index in [2.05, 4.69) is 5.10 Å². The summed E-state index contributed by atoms with van der Waals surface area (Å²) in [6.07, 6.45) is 3.51. The third kappa shape index (κ3) is 4.20. The molecule has 2 heterocycles. The molecule has 1 N–H and O–H groups in total. The van der Waals surface area contributed by atoms with Crippen molar-refractivity contribution in [2.75, 3.05) is 11.6 Å². The second kappa shape index (κ2) is 9.15. The molecule has 3 aromatic rings. The fourth-order valence-electron chi connectivity index (χ4n) is 3.83. The summed E-state index contributed by atoms with van der Waals surface area (Å²) < 4.78 is 6.97. The number of aromatic nitrogens is 1. The van der Waals surface area contributed by atoms with Crippen molar-refractivity contribution in [1.82, 2.24) is 4.57 Å². The minimum absolute atomic E-state index is 0.118. The van der Waals surface area contributed by atoms with Crippen LogP contribution in [-0.4, -0.2) is 39.8 Å². The Morgan fingerprint density at radius 3 is 2.56 bits per heavy atom. The van der Waals surface area contributed by atoms with Crippen molar-refractivity contribution in [2.45, 2.75) is 26.8 Å². The summed E-state index contributed by atoms with van der Waals surface area (Å²) in [5, 5.41) is 16.0. The second-order valence-electron chi connectivity index (χ2n) is 7.79. The third-order valence-electron chi connectivity index (χ3n) is 5.59. The van der Waals surface area contributed by atoms with Gasteiger partial charge >= 0.3 is 11.9 Å². The molecular weight excluding hydrogens is 458 g/mol. The molecule has 2 aromatic carbocycles. The number of halogens is 1. The number of anilines is 1. The Morgan fingerprint density at radius 2 is 1.91 bits per heavy atom. The Hall–Kier alpha value is -3.91. The maximum Gasteiger partial charge on any atom is 0.335 e. The van der Waals surface area contributed by atoms with E-state index in [9.17, 15) is 14.4 Å². The van der Waals surface area contributed by atoms with E-state index in [-0.39, 0.29) is 24.0 Å². The number of carboxylic acids is 1. The van der Waals surface area contributed by atoms with Gasteiger partial charge in [-0.05, 0) is 69.3 Å². The van der Waals surface area contributed by atoms with Crippen molar-refractivity contribution in [1.29, 1.82) is 0 Å². The minimum Gasteiger partial charge on any atom is -0.478 e. The molecule has 1 unspecified atom stereocenters. The Morgan fingerprint density at radius 1 is 1.21 bits per heavy atom. The minimum atomic E-state index is -1.05. The first kappa shape index (κ1) is 23.3. The first-order chi connectivity index (χ1) is 16.2. The van der Waals surface area contributed by atoms with Gasteiger partial charge in [0.1, 0.15) is 6.04 Å². The maximum atomic E-state index is 13.2. The van der Waals surface area contributed by atoms with Crippen molar-refractivity contribution >= 4 is 57.8 Å². The predicted molar refractivity (Wildman–Crippen MR) is 130 cm³/mol. The molecule has 0 spiro atoms. The van der Waals surface area contributed by atoms with Crippen molar-refractivity contribution in [3.63, 3.8) is 0 Å². The van der Waals surface area contributed by atoms with E-state index in [0.717, 1.165) is 10.9 Å². The molecule has 0 aliphatic carbocycles. The molecular formula is C25H22ClN3O5. The predicted octanol–water partition coefficient (Wildman–Crippen LogP) is 4.92. The van der Waals surface area contributed by atoms with E-state index in [1.165, 1.54) is 29.3 Å². The molecule has 8 nitrogen and oxygen atoms in total. The van der Waals surface area contributed by atoms with Crippen LogP contribution in [0, 0.1) is 0 Å². The van der Waals surface area contributed by atoms with Gasteiger partial charge in [-0.1, -0.05) is 11.6 Å². The highest BCUT2D eigenvalue weighted by molar-refractivity contribution is 6.33. The summed E-state index contributed by atoms with van der Waals surface area (Å²) in [7, 11) is 0. The standard InChI is InChI=1S/C25H22ClN3O5/c1-4-34-25(33)15(3)28-13-17(21-12-18(26)7-10-22(21)28)11-20-14(2)27-29(23(20)30)19-8-5-16(6-9-19)24(31)32/h5-13,15H,4H2,1-3H3,(H,31,32)/b20-11-. The Bertz CT molecular complexity index is 1370. The second-order valence-corrected chi connectivity index (χ2v) is 8.23. The van der Waals surface area contributed by atoms with E-state index in [1.54, 1.807) is 49.7 Å². The van der Waals surface area contributed by atoms with Gasteiger partial charge < -0.3 is 14.4 Å². The molecule has 1 amide bonds. The van der Waals surface area contributed by atoms with Crippen molar-refractivity contribution in [2.24, 2.45) is 5.10 Å². The Balaban J connectivity index is 1.74. The number of nitrogens with zero attached hydrogens (tertiary/aromatic N) is 3. The average Bonchev–Trinajstić information content (AvgIpc) is 3.30. The lowest BCUT2D eigenvalue weighted by molar-refractivity contribution is -0.146. The van der Waals surface area contributed by atoms with Gasteiger partial charge in [-0.15, -0.1) is 0 Å². The van der Waals surface area contributed by atoms with E-state index >= 15 is 0 Å². The number of aromatic carboxylic acids is 1. The first-order valence-corrected chi connectivity index (χ1v) is 11.0. The number of hydrogen-bond acceptors (Lipinski definition) is 5. The summed E-state index contributed by atoms with van der Waals surface area (Å²) in [5.74, 6) is -1.76. The van der Waals surface area contributed by atoms with E-state index < -0.39 is 12.0 Å². The summed E-state index contributed by atoms with van der Waals surface area (Å²) in [6, 6.07) is 10.7. The smallest absolute Gasteiger partial charge is 0.335 e. The van der Waals surface area contributed by atoms with Crippen LogP contribution < -0.4 is 5.01 Å². The fraction of sp³-hybridized carbons (Fsp3) is 0.200. The molecule has 1 aliphatic heterocycles. The number of fused-ring (bicyclic) bond motifs is 1. The molecule has 4 rings (SSSR count). The Labute approximate surface area is 200 Å². The molecule has 1 aromatic heterocycles. The summed E-state index contributed by atoms with van der Waals surface area (Å²) in [5.41, 5.74) is 2.94. The van der Waals surface area contributed by atoms with Gasteiger partial charge in [-0.2, -0.15) is 10.1 Å². The monoisotopic (exact) mass is 479 g/mol. The number of ether oxygens (including phenoxy) is 1. The van der Waals surface area contributed by atoms with Crippen LogP contribution in [0.2, 0.25) is 5.02 Å². The van der Waals surface area contributed by atoms with Gasteiger partial charge in [0.05, 0.1) is 29.1 Å². The molecule has 9 heteroatoms. The number of carbonyl (C=O) groups is 3. The summed E-state index contributed by atoms with van der Waals surface area (Å²) in [4.78, 5) is 36.7. The van der Waals surface area contributed by atoms with Crippen LogP contribution in [0.1, 0.15) is 42.7 Å². The van der Waals surface area contributed by atoms with E-state index in [0.29, 0.717) is 27.6 Å². The number of rotatable bonds is 6. The molecule has 0 fully saturated rings.